The summed E-state index contributed by atoms with van der Waals surface area (Å²) < 4.78 is 33.6. The predicted octanol–water partition coefficient (Wildman–Crippen LogP) is 5.63. The monoisotopic (exact) mass is 519 g/mol. The van der Waals surface area contributed by atoms with Gasteiger partial charge in [0.25, 0.3) is 0 Å². The van der Waals surface area contributed by atoms with Crippen molar-refractivity contribution >= 4 is 17.3 Å². The first-order valence-corrected chi connectivity index (χ1v) is 12.7. The lowest BCUT2D eigenvalue weighted by atomic mass is 9.99. The maximum Gasteiger partial charge on any atom is 0.387 e. The molecule has 0 fully saturated rings. The Hall–Kier alpha value is -3.69. The van der Waals surface area contributed by atoms with Crippen LogP contribution in [0.1, 0.15) is 60.2 Å². The second-order valence-electron chi connectivity index (χ2n) is 10.2. The first-order valence-electron chi connectivity index (χ1n) is 12.7. The van der Waals surface area contributed by atoms with Crippen LogP contribution in [0, 0.1) is 0 Å². The molecule has 1 aliphatic rings. The first-order chi connectivity index (χ1) is 18.1. The minimum atomic E-state index is -3.05. The number of halogens is 2. The number of nitrogens with two attached hydrogens (primary N) is 1. The third kappa shape index (κ3) is 4.46. The van der Waals surface area contributed by atoms with E-state index in [1.807, 2.05) is 57.2 Å². The number of pyridine rings is 1. The Bertz CT molecular complexity index is 1510. The van der Waals surface area contributed by atoms with Gasteiger partial charge in [0.15, 0.2) is 12.0 Å². The fourth-order valence-corrected chi connectivity index (χ4v) is 5.46. The van der Waals surface area contributed by atoms with Gasteiger partial charge >= 0.3 is 6.61 Å². The van der Waals surface area contributed by atoms with Gasteiger partial charge in [0, 0.05) is 17.3 Å². The minimum Gasteiger partial charge on any atom is -0.433 e. The lowest BCUT2D eigenvalue weighted by molar-refractivity contribution is -0.0498. The van der Waals surface area contributed by atoms with Crippen molar-refractivity contribution in [3.05, 3.63) is 71.3 Å². The molecule has 38 heavy (non-hydrogen) atoms. The van der Waals surface area contributed by atoms with Gasteiger partial charge in [-0.1, -0.05) is 19.1 Å². The Morgan fingerprint density at radius 2 is 2.00 bits per heavy atom. The van der Waals surface area contributed by atoms with Crippen LogP contribution in [0.15, 0.2) is 48.7 Å². The van der Waals surface area contributed by atoms with Crippen molar-refractivity contribution in [2.24, 2.45) is 5.73 Å². The van der Waals surface area contributed by atoms with Crippen molar-refractivity contribution < 1.29 is 18.3 Å². The number of nitrogens with zero attached hydrogens (tertiary/aromatic N) is 4. The van der Waals surface area contributed by atoms with Crippen LogP contribution in [0.2, 0.25) is 0 Å². The summed E-state index contributed by atoms with van der Waals surface area (Å²) in [5.41, 5.74) is 11.6. The molecular formula is C29H31F2N5O2. The number of carbonyl (C=O) groups is 1. The first kappa shape index (κ1) is 25.9. The van der Waals surface area contributed by atoms with E-state index in [4.69, 9.17) is 15.5 Å². The second-order valence-corrected chi connectivity index (χ2v) is 10.2. The standard InChI is InChI=1S/C29H31F2N5O2/c1-5-22(35(3)4)27-34-21-10-9-17(20-13-18-11-12-29(2,32)26(18)33-15-20)14-23(21)36(27)25-19(16-37)7-6-8-24(25)38-28(30)31/h6-10,13-16,22,28H,5,11-12,32H2,1-4H3/t22-,29?/m1/s1. The molecular weight excluding hydrogens is 488 g/mol. The van der Waals surface area contributed by atoms with Gasteiger partial charge in [0.05, 0.1) is 28.3 Å². The third-order valence-electron chi connectivity index (χ3n) is 7.34. The average molecular weight is 520 g/mol. The van der Waals surface area contributed by atoms with Gasteiger partial charge in [-0.25, -0.2) is 4.98 Å². The van der Waals surface area contributed by atoms with Gasteiger partial charge in [0.2, 0.25) is 0 Å². The lowest BCUT2D eigenvalue weighted by Gasteiger charge is -2.25. The van der Waals surface area contributed by atoms with Crippen LogP contribution in [0.5, 0.6) is 5.75 Å². The molecule has 7 nitrogen and oxygen atoms in total. The van der Waals surface area contributed by atoms with Gasteiger partial charge in [0.1, 0.15) is 11.5 Å². The number of benzene rings is 2. The number of alkyl halides is 2. The molecule has 1 aliphatic carbocycles. The maximum atomic E-state index is 13.4. The number of aryl methyl sites for hydroxylation is 1. The molecule has 0 amide bonds. The van der Waals surface area contributed by atoms with Crippen molar-refractivity contribution in [1.29, 1.82) is 0 Å². The zero-order valence-corrected chi connectivity index (χ0v) is 21.9. The summed E-state index contributed by atoms with van der Waals surface area (Å²) in [6.07, 6.45) is 4.88. The Morgan fingerprint density at radius 1 is 1.21 bits per heavy atom. The number of hydrogen-bond acceptors (Lipinski definition) is 6. The topological polar surface area (TPSA) is 86.3 Å². The fourth-order valence-electron chi connectivity index (χ4n) is 5.46. The highest BCUT2D eigenvalue weighted by Crippen LogP contribution is 2.38. The van der Waals surface area contributed by atoms with Crippen LogP contribution in [-0.2, 0) is 12.0 Å². The molecule has 5 rings (SSSR count). The van der Waals surface area contributed by atoms with Gasteiger partial charge in [-0.05, 0) is 81.7 Å². The number of para-hydroxylation sites is 1. The molecule has 9 heteroatoms. The van der Waals surface area contributed by atoms with E-state index < -0.39 is 12.2 Å². The van der Waals surface area contributed by atoms with Gasteiger partial charge in [-0.2, -0.15) is 8.78 Å². The number of imidazole rings is 1. The molecule has 0 bridgehead atoms. The molecule has 0 aliphatic heterocycles. The summed E-state index contributed by atoms with van der Waals surface area (Å²) in [4.78, 5) is 23.8. The molecule has 0 saturated carbocycles. The summed E-state index contributed by atoms with van der Waals surface area (Å²) >= 11 is 0. The molecule has 2 heterocycles. The van der Waals surface area contributed by atoms with Crippen molar-refractivity contribution in [3.63, 3.8) is 0 Å². The average Bonchev–Trinajstić information content (AvgIpc) is 3.39. The summed E-state index contributed by atoms with van der Waals surface area (Å²) in [7, 11) is 3.87. The van der Waals surface area contributed by atoms with E-state index in [1.165, 1.54) is 12.1 Å². The Morgan fingerprint density at radius 3 is 2.68 bits per heavy atom. The second kappa shape index (κ2) is 9.89. The Labute approximate surface area is 220 Å². The maximum absolute atomic E-state index is 13.4. The number of hydrogen-bond donors (Lipinski definition) is 1. The van der Waals surface area contributed by atoms with Gasteiger partial charge in [-0.15, -0.1) is 0 Å². The summed E-state index contributed by atoms with van der Waals surface area (Å²) in [6.45, 7) is 0.977. The minimum absolute atomic E-state index is 0.0920. The van der Waals surface area contributed by atoms with E-state index in [0.717, 1.165) is 35.2 Å². The summed E-state index contributed by atoms with van der Waals surface area (Å²) in [5, 5.41) is 0. The highest BCUT2D eigenvalue weighted by molar-refractivity contribution is 5.89. The van der Waals surface area contributed by atoms with E-state index in [9.17, 15) is 13.6 Å². The van der Waals surface area contributed by atoms with Crippen LogP contribution in [-0.4, -0.2) is 46.4 Å². The van der Waals surface area contributed by atoms with Crippen LogP contribution in [0.4, 0.5) is 8.78 Å². The van der Waals surface area contributed by atoms with Crippen LogP contribution < -0.4 is 10.5 Å². The van der Waals surface area contributed by atoms with E-state index in [1.54, 1.807) is 10.6 Å². The number of aromatic nitrogens is 3. The molecule has 2 atom stereocenters. The van der Waals surface area contributed by atoms with Gasteiger partial charge in [-0.3, -0.25) is 19.2 Å². The molecule has 198 valence electrons. The summed E-state index contributed by atoms with van der Waals surface area (Å²) in [5.74, 6) is 0.537. The van der Waals surface area contributed by atoms with Crippen molar-refractivity contribution in [2.45, 2.75) is 51.3 Å². The number of ether oxygens (including phenoxy) is 1. The number of fused-ring (bicyclic) bond motifs is 2. The SMILES string of the molecule is CC[C@H](c1nc2ccc(-c3cnc4c(c3)CCC4(C)N)cc2n1-c1c(C=O)cccc1OC(F)F)N(C)C. The lowest BCUT2D eigenvalue weighted by Crippen LogP contribution is -2.30. The molecule has 0 spiro atoms. The van der Waals surface area contributed by atoms with E-state index in [-0.39, 0.29) is 23.0 Å². The van der Waals surface area contributed by atoms with E-state index in [0.29, 0.717) is 29.6 Å². The molecule has 0 radical (unpaired) electrons. The van der Waals surface area contributed by atoms with Crippen molar-refractivity contribution in [1.82, 2.24) is 19.4 Å². The van der Waals surface area contributed by atoms with E-state index >= 15 is 0 Å². The highest BCUT2D eigenvalue weighted by Gasteiger charge is 2.32. The van der Waals surface area contributed by atoms with Gasteiger partial charge < -0.3 is 10.5 Å². The zero-order valence-electron chi connectivity index (χ0n) is 21.9. The molecule has 0 saturated heterocycles. The quantitative estimate of drug-likeness (QED) is 0.304. The molecule has 2 N–H and O–H groups in total. The highest BCUT2D eigenvalue weighted by atomic mass is 19.3. The number of carbonyl (C=O) groups excluding carboxylic acids is 1. The van der Waals surface area contributed by atoms with Crippen LogP contribution in [0.3, 0.4) is 0 Å². The molecule has 2 aromatic heterocycles. The normalized spacial score (nSPS) is 17.8. The third-order valence-corrected chi connectivity index (χ3v) is 7.34. The van der Waals surface area contributed by atoms with Crippen LogP contribution in [0.25, 0.3) is 27.8 Å². The summed E-state index contributed by atoms with van der Waals surface area (Å²) in [6, 6.07) is 12.4. The fraction of sp³-hybridized carbons (Fsp3) is 0.345. The molecule has 1 unspecified atom stereocenters. The van der Waals surface area contributed by atoms with Crippen molar-refractivity contribution in [2.75, 3.05) is 14.1 Å². The Balaban J connectivity index is 1.77. The van der Waals surface area contributed by atoms with Crippen molar-refractivity contribution in [3.8, 4) is 22.6 Å². The zero-order chi connectivity index (χ0) is 27.2. The number of rotatable bonds is 8. The molecule has 4 aromatic rings. The largest absolute Gasteiger partial charge is 0.433 e. The van der Waals surface area contributed by atoms with E-state index in [2.05, 4.69) is 11.1 Å². The molecule has 2 aromatic carbocycles. The number of aldehydes is 1. The predicted molar refractivity (Wildman–Crippen MR) is 143 cm³/mol. The smallest absolute Gasteiger partial charge is 0.387 e. The van der Waals surface area contributed by atoms with Crippen LogP contribution >= 0.6 is 0 Å². The Kier molecular flexibility index (Phi) is 6.75.